The lowest BCUT2D eigenvalue weighted by atomic mass is 10.0. The molecule has 0 saturated carbocycles. The summed E-state index contributed by atoms with van der Waals surface area (Å²) in [7, 11) is 0. The minimum absolute atomic E-state index is 0.121. The fraction of sp³-hybridized carbons (Fsp3) is 0.375. The Kier molecular flexibility index (Phi) is 4.93. The van der Waals surface area contributed by atoms with Crippen LogP contribution in [-0.4, -0.2) is 16.9 Å². The average Bonchev–Trinajstić information content (AvgIpc) is 2.90. The highest BCUT2D eigenvalue weighted by atomic mass is 16.4. The van der Waals surface area contributed by atoms with E-state index in [-0.39, 0.29) is 12.2 Å². The molecular weight excluding hydrogens is 256 g/mol. The Bertz CT molecular complexity index is 597. The van der Waals surface area contributed by atoms with Gasteiger partial charge in [0.25, 0.3) is 0 Å². The number of unbranched alkanes of at least 4 members (excludes halogenated alkanes) is 3. The van der Waals surface area contributed by atoms with Crippen molar-refractivity contribution in [3.05, 3.63) is 36.3 Å². The number of carboxylic acids is 1. The maximum atomic E-state index is 12.2. The standard InChI is InChI=1S/C16H18O4/c17-15(8-3-1-2-4-9-16(18)19)13-7-5-6-12-10-20-11-14(12)13/h5-7,10-11H,1-4,8-9H2,(H,18,19). The Labute approximate surface area is 117 Å². The quantitative estimate of drug-likeness (QED) is 0.582. The lowest BCUT2D eigenvalue weighted by Gasteiger charge is -2.02. The van der Waals surface area contributed by atoms with Crippen molar-refractivity contribution in [2.24, 2.45) is 0 Å². The third-order valence-electron chi connectivity index (χ3n) is 3.37. The molecule has 0 aliphatic carbocycles. The number of hydrogen-bond donors (Lipinski definition) is 1. The molecule has 4 heteroatoms. The molecule has 2 aromatic rings. The van der Waals surface area contributed by atoms with Crippen molar-refractivity contribution in [1.29, 1.82) is 0 Å². The van der Waals surface area contributed by atoms with Crippen molar-refractivity contribution in [2.45, 2.75) is 38.5 Å². The third kappa shape index (κ3) is 3.70. The minimum atomic E-state index is -0.757. The molecular formula is C16H18O4. The summed E-state index contributed by atoms with van der Waals surface area (Å²) in [6, 6.07) is 5.60. The van der Waals surface area contributed by atoms with Gasteiger partial charge in [-0.3, -0.25) is 9.59 Å². The van der Waals surface area contributed by atoms with E-state index in [9.17, 15) is 9.59 Å². The Balaban J connectivity index is 1.80. The zero-order valence-electron chi connectivity index (χ0n) is 11.3. The lowest BCUT2D eigenvalue weighted by molar-refractivity contribution is -0.137. The van der Waals surface area contributed by atoms with E-state index in [0.717, 1.165) is 30.0 Å². The first-order valence-electron chi connectivity index (χ1n) is 6.88. The van der Waals surface area contributed by atoms with Crippen molar-refractivity contribution in [2.75, 3.05) is 0 Å². The number of ketones is 1. The molecule has 0 fully saturated rings. The van der Waals surface area contributed by atoms with Crippen LogP contribution in [0, 0.1) is 0 Å². The van der Waals surface area contributed by atoms with Gasteiger partial charge in [0.15, 0.2) is 5.78 Å². The summed E-state index contributed by atoms with van der Waals surface area (Å²) >= 11 is 0. The number of hydrogen-bond acceptors (Lipinski definition) is 3. The summed E-state index contributed by atoms with van der Waals surface area (Å²) < 4.78 is 5.13. The fourth-order valence-electron chi connectivity index (χ4n) is 2.29. The molecule has 0 saturated heterocycles. The number of fused-ring (bicyclic) bond motifs is 1. The van der Waals surface area contributed by atoms with Crippen LogP contribution in [0.15, 0.2) is 35.1 Å². The molecule has 4 nitrogen and oxygen atoms in total. The summed E-state index contributed by atoms with van der Waals surface area (Å²) in [5.41, 5.74) is 0.710. The molecule has 1 aromatic heterocycles. The average molecular weight is 274 g/mol. The first kappa shape index (κ1) is 14.3. The molecule has 1 aromatic carbocycles. The zero-order chi connectivity index (χ0) is 14.4. The van der Waals surface area contributed by atoms with E-state index in [4.69, 9.17) is 9.52 Å². The molecule has 0 spiro atoms. The molecule has 106 valence electrons. The molecule has 1 N–H and O–H groups in total. The highest BCUT2D eigenvalue weighted by Crippen LogP contribution is 2.21. The second kappa shape index (κ2) is 6.89. The van der Waals surface area contributed by atoms with E-state index in [2.05, 4.69) is 0 Å². The maximum absolute atomic E-state index is 12.2. The van der Waals surface area contributed by atoms with Gasteiger partial charge in [-0.2, -0.15) is 0 Å². The number of rotatable bonds is 8. The molecule has 0 radical (unpaired) electrons. The predicted molar refractivity (Wildman–Crippen MR) is 75.9 cm³/mol. The van der Waals surface area contributed by atoms with Crippen LogP contribution in [0.4, 0.5) is 0 Å². The first-order valence-corrected chi connectivity index (χ1v) is 6.88. The van der Waals surface area contributed by atoms with Gasteiger partial charge in [0.2, 0.25) is 0 Å². The van der Waals surface area contributed by atoms with Gasteiger partial charge in [0.1, 0.15) is 0 Å². The second-order valence-corrected chi connectivity index (χ2v) is 4.91. The van der Waals surface area contributed by atoms with E-state index in [1.54, 1.807) is 12.5 Å². The van der Waals surface area contributed by atoms with Crippen molar-refractivity contribution in [3.63, 3.8) is 0 Å². The SMILES string of the molecule is O=C(O)CCCCCCC(=O)c1cccc2cocc12. The van der Waals surface area contributed by atoms with Crippen LogP contribution in [-0.2, 0) is 4.79 Å². The highest BCUT2D eigenvalue weighted by molar-refractivity contribution is 6.07. The van der Waals surface area contributed by atoms with E-state index in [0.29, 0.717) is 18.4 Å². The van der Waals surface area contributed by atoms with E-state index in [1.165, 1.54) is 0 Å². The Morgan fingerprint density at radius 3 is 2.50 bits per heavy atom. The number of carboxylic acid groups (broad SMARTS) is 1. The van der Waals surface area contributed by atoms with Crippen LogP contribution in [0.2, 0.25) is 0 Å². The fourth-order valence-corrected chi connectivity index (χ4v) is 2.29. The van der Waals surface area contributed by atoms with Crippen molar-refractivity contribution in [3.8, 4) is 0 Å². The van der Waals surface area contributed by atoms with Crippen LogP contribution in [0.1, 0.15) is 48.9 Å². The summed E-state index contributed by atoms with van der Waals surface area (Å²) in [6.45, 7) is 0. The molecule has 0 aliphatic rings. The third-order valence-corrected chi connectivity index (χ3v) is 3.37. The van der Waals surface area contributed by atoms with Gasteiger partial charge >= 0.3 is 5.97 Å². The molecule has 2 rings (SSSR count). The van der Waals surface area contributed by atoms with Crippen LogP contribution in [0.3, 0.4) is 0 Å². The Morgan fingerprint density at radius 1 is 1.00 bits per heavy atom. The molecule has 0 bridgehead atoms. The van der Waals surface area contributed by atoms with Gasteiger partial charge in [-0.25, -0.2) is 0 Å². The van der Waals surface area contributed by atoms with E-state index in [1.807, 2.05) is 18.2 Å². The molecule has 20 heavy (non-hydrogen) atoms. The smallest absolute Gasteiger partial charge is 0.303 e. The summed E-state index contributed by atoms with van der Waals surface area (Å²) in [6.07, 6.45) is 7.18. The highest BCUT2D eigenvalue weighted by Gasteiger charge is 2.10. The van der Waals surface area contributed by atoms with Crippen LogP contribution in [0.5, 0.6) is 0 Å². The number of furan rings is 1. The minimum Gasteiger partial charge on any atom is -0.481 e. The number of aliphatic carboxylic acids is 1. The Morgan fingerprint density at radius 2 is 1.75 bits per heavy atom. The first-order chi connectivity index (χ1) is 9.68. The van der Waals surface area contributed by atoms with Crippen molar-refractivity contribution in [1.82, 2.24) is 0 Å². The molecule has 0 aliphatic heterocycles. The Hall–Kier alpha value is -2.10. The molecule has 1 heterocycles. The summed E-state index contributed by atoms with van der Waals surface area (Å²) in [4.78, 5) is 22.5. The van der Waals surface area contributed by atoms with Crippen LogP contribution < -0.4 is 0 Å². The number of carbonyl (C=O) groups excluding carboxylic acids is 1. The van der Waals surface area contributed by atoms with Gasteiger partial charge in [-0.1, -0.05) is 31.0 Å². The normalized spacial score (nSPS) is 10.8. The summed E-state index contributed by atoms with van der Waals surface area (Å²) in [5, 5.41) is 10.3. The largest absolute Gasteiger partial charge is 0.481 e. The molecule has 0 amide bonds. The zero-order valence-corrected chi connectivity index (χ0v) is 11.3. The van der Waals surface area contributed by atoms with Gasteiger partial charge in [0.05, 0.1) is 12.5 Å². The van der Waals surface area contributed by atoms with Crippen molar-refractivity contribution < 1.29 is 19.1 Å². The maximum Gasteiger partial charge on any atom is 0.303 e. The number of carbonyl (C=O) groups is 2. The number of benzene rings is 1. The topological polar surface area (TPSA) is 67.5 Å². The molecule has 0 atom stereocenters. The predicted octanol–water partition coefficient (Wildman–Crippen LogP) is 4.04. The second-order valence-electron chi connectivity index (χ2n) is 4.91. The van der Waals surface area contributed by atoms with E-state index >= 15 is 0 Å². The van der Waals surface area contributed by atoms with Crippen LogP contribution in [0.25, 0.3) is 10.8 Å². The molecule has 0 unspecified atom stereocenters. The van der Waals surface area contributed by atoms with E-state index < -0.39 is 5.97 Å². The number of Topliss-reactive ketones (excluding diaryl/α,β-unsaturated/α-hetero) is 1. The van der Waals surface area contributed by atoms with Crippen molar-refractivity contribution >= 4 is 22.5 Å². The lowest BCUT2D eigenvalue weighted by Crippen LogP contribution is -1.99. The van der Waals surface area contributed by atoms with Gasteiger partial charge in [0, 0.05) is 29.2 Å². The summed E-state index contributed by atoms with van der Waals surface area (Å²) in [5.74, 6) is -0.636. The van der Waals surface area contributed by atoms with Gasteiger partial charge < -0.3 is 9.52 Å². The monoisotopic (exact) mass is 274 g/mol. The van der Waals surface area contributed by atoms with Gasteiger partial charge in [-0.15, -0.1) is 0 Å². The van der Waals surface area contributed by atoms with Gasteiger partial charge in [-0.05, 0) is 12.8 Å². The van der Waals surface area contributed by atoms with Crippen LogP contribution >= 0.6 is 0 Å².